The van der Waals surface area contributed by atoms with Gasteiger partial charge in [-0.3, -0.25) is 13.9 Å². The lowest BCUT2D eigenvalue weighted by Gasteiger charge is -2.32. The van der Waals surface area contributed by atoms with Gasteiger partial charge in [0.1, 0.15) is 18.3 Å². The van der Waals surface area contributed by atoms with Gasteiger partial charge in [0.15, 0.2) is 0 Å². The summed E-state index contributed by atoms with van der Waals surface area (Å²) >= 11 is 6.38. The average molecular weight is 572 g/mol. The first-order valence-electron chi connectivity index (χ1n) is 12.5. The molecule has 3 aromatic carbocycles. The molecule has 0 aliphatic heterocycles. The van der Waals surface area contributed by atoms with Crippen molar-refractivity contribution in [3.63, 3.8) is 0 Å². The zero-order valence-corrected chi connectivity index (χ0v) is 24.3. The number of hydrogen-bond donors (Lipinski definition) is 1. The Morgan fingerprint density at radius 1 is 0.974 bits per heavy atom. The van der Waals surface area contributed by atoms with Crippen LogP contribution in [0.2, 0.25) is 5.02 Å². The van der Waals surface area contributed by atoms with E-state index >= 15 is 0 Å². The maximum Gasteiger partial charge on any atom is 0.264 e. The number of aryl methyl sites for hydroxylation is 1. The Balaban J connectivity index is 2.06. The SMILES string of the molecule is COc1cccc(N(CC(=O)N(Cc2ccccc2Cl)C(C)C(=O)NC(C)C)S(=O)(=O)c2ccc(C)cc2)c1. The van der Waals surface area contributed by atoms with Crippen LogP contribution in [0.3, 0.4) is 0 Å². The van der Waals surface area contributed by atoms with E-state index in [9.17, 15) is 18.0 Å². The van der Waals surface area contributed by atoms with Gasteiger partial charge in [0.05, 0.1) is 17.7 Å². The highest BCUT2D eigenvalue weighted by Gasteiger charge is 2.33. The summed E-state index contributed by atoms with van der Waals surface area (Å²) in [6.45, 7) is 6.58. The molecule has 0 aromatic heterocycles. The van der Waals surface area contributed by atoms with Crippen molar-refractivity contribution >= 4 is 39.1 Å². The van der Waals surface area contributed by atoms with Crippen molar-refractivity contribution in [3.8, 4) is 5.75 Å². The Morgan fingerprint density at radius 2 is 1.64 bits per heavy atom. The van der Waals surface area contributed by atoms with Crippen molar-refractivity contribution < 1.29 is 22.7 Å². The molecule has 3 aromatic rings. The smallest absolute Gasteiger partial charge is 0.264 e. The van der Waals surface area contributed by atoms with Crippen LogP contribution in [0.1, 0.15) is 31.9 Å². The molecule has 3 rings (SSSR count). The molecule has 0 aliphatic rings. The number of sulfonamides is 1. The summed E-state index contributed by atoms with van der Waals surface area (Å²) in [5, 5.41) is 3.26. The molecule has 39 heavy (non-hydrogen) atoms. The van der Waals surface area contributed by atoms with E-state index in [1.54, 1.807) is 67.6 Å². The number of anilines is 1. The molecule has 0 fully saturated rings. The molecule has 1 atom stereocenters. The van der Waals surface area contributed by atoms with Crippen molar-refractivity contribution in [3.05, 3.63) is 88.9 Å². The Bertz CT molecular complexity index is 1410. The summed E-state index contributed by atoms with van der Waals surface area (Å²) in [7, 11) is -2.69. The van der Waals surface area contributed by atoms with Gasteiger partial charge in [0.25, 0.3) is 10.0 Å². The molecule has 0 radical (unpaired) electrons. The first-order chi connectivity index (χ1) is 18.4. The predicted octanol–water partition coefficient (Wildman–Crippen LogP) is 4.79. The third kappa shape index (κ3) is 7.52. The van der Waals surface area contributed by atoms with Gasteiger partial charge in [-0.25, -0.2) is 8.42 Å². The second-order valence-corrected chi connectivity index (χ2v) is 11.7. The number of nitrogens with one attached hydrogen (secondary N) is 1. The maximum atomic E-state index is 13.9. The Kier molecular flexibility index (Phi) is 9.99. The van der Waals surface area contributed by atoms with E-state index in [1.165, 1.54) is 24.1 Å². The summed E-state index contributed by atoms with van der Waals surface area (Å²) in [5.41, 5.74) is 1.78. The van der Waals surface area contributed by atoms with E-state index in [4.69, 9.17) is 16.3 Å². The highest BCUT2D eigenvalue weighted by molar-refractivity contribution is 7.92. The predicted molar refractivity (Wildman–Crippen MR) is 153 cm³/mol. The molecule has 0 spiro atoms. The first kappa shape index (κ1) is 30.0. The summed E-state index contributed by atoms with van der Waals surface area (Å²) < 4.78 is 34.1. The number of nitrogens with zero attached hydrogens (tertiary/aromatic N) is 2. The molecule has 10 heteroatoms. The van der Waals surface area contributed by atoms with Crippen LogP contribution in [-0.4, -0.2) is 50.9 Å². The average Bonchev–Trinajstić information content (AvgIpc) is 2.90. The molecule has 0 saturated heterocycles. The third-order valence-electron chi connectivity index (χ3n) is 6.13. The Hall–Kier alpha value is -3.56. The summed E-state index contributed by atoms with van der Waals surface area (Å²) in [5.74, 6) is -0.499. The molecule has 0 aliphatic carbocycles. The van der Waals surface area contributed by atoms with Crippen LogP contribution < -0.4 is 14.4 Å². The van der Waals surface area contributed by atoms with Crippen molar-refractivity contribution in [1.82, 2.24) is 10.2 Å². The van der Waals surface area contributed by atoms with E-state index in [0.29, 0.717) is 16.3 Å². The number of hydrogen-bond acceptors (Lipinski definition) is 5. The number of carbonyl (C=O) groups excluding carboxylic acids is 2. The van der Waals surface area contributed by atoms with Crippen LogP contribution in [0.5, 0.6) is 5.75 Å². The molecule has 8 nitrogen and oxygen atoms in total. The van der Waals surface area contributed by atoms with Gasteiger partial charge < -0.3 is 15.0 Å². The zero-order chi connectivity index (χ0) is 28.7. The van der Waals surface area contributed by atoms with Crippen molar-refractivity contribution in [2.24, 2.45) is 0 Å². The molecule has 1 N–H and O–H groups in total. The number of rotatable bonds is 11. The van der Waals surface area contributed by atoms with Crippen LogP contribution in [-0.2, 0) is 26.2 Å². The molecule has 0 saturated carbocycles. The van der Waals surface area contributed by atoms with Crippen molar-refractivity contribution in [1.29, 1.82) is 0 Å². The molecule has 2 amide bonds. The van der Waals surface area contributed by atoms with Crippen molar-refractivity contribution in [2.75, 3.05) is 18.0 Å². The Labute approximate surface area is 235 Å². The summed E-state index contributed by atoms with van der Waals surface area (Å²) in [6, 6.07) is 18.8. The van der Waals surface area contributed by atoms with Crippen LogP contribution in [0, 0.1) is 6.92 Å². The number of halogens is 1. The standard InChI is InChI=1S/C29H34ClN3O5S/c1-20(2)31-29(35)22(4)32(18-23-9-6-7-12-27(23)30)28(34)19-33(24-10-8-11-25(17-24)38-5)39(36,37)26-15-13-21(3)14-16-26/h6-17,20,22H,18-19H2,1-5H3,(H,31,35). The second kappa shape index (κ2) is 13.0. The highest BCUT2D eigenvalue weighted by Crippen LogP contribution is 2.28. The summed E-state index contributed by atoms with van der Waals surface area (Å²) in [6.07, 6.45) is 0. The van der Waals surface area contributed by atoms with Gasteiger partial charge in [-0.1, -0.05) is 53.6 Å². The van der Waals surface area contributed by atoms with Crippen LogP contribution in [0.25, 0.3) is 0 Å². The lowest BCUT2D eigenvalue weighted by molar-refractivity contribution is -0.139. The molecule has 1 unspecified atom stereocenters. The highest BCUT2D eigenvalue weighted by atomic mass is 35.5. The minimum atomic E-state index is -4.17. The van der Waals surface area contributed by atoms with Gasteiger partial charge in [-0.05, 0) is 63.6 Å². The molecule has 0 bridgehead atoms. The summed E-state index contributed by atoms with van der Waals surface area (Å²) in [4.78, 5) is 28.3. The fourth-order valence-electron chi connectivity index (χ4n) is 3.93. The van der Waals surface area contributed by atoms with Crippen LogP contribution in [0.4, 0.5) is 5.69 Å². The number of amides is 2. The van der Waals surface area contributed by atoms with E-state index in [2.05, 4.69) is 5.32 Å². The first-order valence-corrected chi connectivity index (χ1v) is 14.3. The fraction of sp³-hybridized carbons (Fsp3) is 0.310. The number of methoxy groups -OCH3 is 1. The third-order valence-corrected chi connectivity index (χ3v) is 8.28. The monoisotopic (exact) mass is 571 g/mol. The topological polar surface area (TPSA) is 96.0 Å². The molecular weight excluding hydrogens is 538 g/mol. The van der Waals surface area contributed by atoms with Gasteiger partial charge in [-0.15, -0.1) is 0 Å². The van der Waals surface area contributed by atoms with E-state index in [1.807, 2.05) is 20.8 Å². The van der Waals surface area contributed by atoms with Crippen molar-refractivity contribution in [2.45, 2.75) is 51.2 Å². The maximum absolute atomic E-state index is 13.9. The van der Waals surface area contributed by atoms with Crippen LogP contribution >= 0.6 is 11.6 Å². The molecule has 0 heterocycles. The van der Waals surface area contributed by atoms with E-state index in [-0.39, 0.29) is 29.1 Å². The number of benzene rings is 3. The second-order valence-electron chi connectivity index (χ2n) is 9.48. The number of carbonyl (C=O) groups is 2. The van der Waals surface area contributed by atoms with E-state index in [0.717, 1.165) is 9.87 Å². The van der Waals surface area contributed by atoms with E-state index < -0.39 is 28.5 Å². The Morgan fingerprint density at radius 3 is 2.26 bits per heavy atom. The van der Waals surface area contributed by atoms with Gasteiger partial charge in [0.2, 0.25) is 11.8 Å². The lowest BCUT2D eigenvalue weighted by Crippen LogP contribution is -2.52. The van der Waals surface area contributed by atoms with Gasteiger partial charge in [0, 0.05) is 23.7 Å². The van der Waals surface area contributed by atoms with Crippen LogP contribution in [0.15, 0.2) is 77.7 Å². The normalized spacial score (nSPS) is 12.1. The fourth-order valence-corrected chi connectivity index (χ4v) is 5.53. The van der Waals surface area contributed by atoms with Gasteiger partial charge >= 0.3 is 0 Å². The minimum absolute atomic E-state index is 0.0156. The largest absolute Gasteiger partial charge is 0.497 e. The number of ether oxygens (including phenoxy) is 1. The quantitative estimate of drug-likeness (QED) is 0.357. The lowest BCUT2D eigenvalue weighted by atomic mass is 10.1. The molecule has 208 valence electrons. The zero-order valence-electron chi connectivity index (χ0n) is 22.7. The molecular formula is C29H34ClN3O5S. The van der Waals surface area contributed by atoms with Gasteiger partial charge in [-0.2, -0.15) is 0 Å². The minimum Gasteiger partial charge on any atom is -0.497 e.